The van der Waals surface area contributed by atoms with Crippen LogP contribution in [0.4, 0.5) is 0 Å². The first-order valence-corrected chi connectivity index (χ1v) is 7.74. The molecule has 1 atom stereocenters. The van der Waals surface area contributed by atoms with Crippen LogP contribution in [0, 0.1) is 6.92 Å². The quantitative estimate of drug-likeness (QED) is 0.890. The summed E-state index contributed by atoms with van der Waals surface area (Å²) >= 11 is 9.88. The van der Waals surface area contributed by atoms with Crippen molar-refractivity contribution in [2.45, 2.75) is 32.9 Å². The van der Waals surface area contributed by atoms with E-state index in [1.54, 1.807) is 12.4 Å². The number of hydrogen-bond acceptors (Lipinski definition) is 3. The van der Waals surface area contributed by atoms with Gasteiger partial charge in [-0.25, -0.2) is 0 Å². The molecule has 0 saturated carbocycles. The first kappa shape index (κ1) is 15.5. The van der Waals surface area contributed by atoms with Gasteiger partial charge >= 0.3 is 0 Å². The van der Waals surface area contributed by atoms with E-state index >= 15 is 0 Å². The Morgan fingerprint density at radius 1 is 1.50 bits per heavy atom. The van der Waals surface area contributed by atoms with Gasteiger partial charge in [0.15, 0.2) is 0 Å². The number of hydrogen-bond donors (Lipinski definition) is 1. The SMILES string of the molecule is CCn1nc(C)c(Br)c1CC(NC)c1ccncc1Cl. The minimum absolute atomic E-state index is 0.128. The van der Waals surface area contributed by atoms with E-state index in [4.69, 9.17) is 11.6 Å². The second-order valence-electron chi connectivity index (χ2n) is 4.60. The van der Waals surface area contributed by atoms with Gasteiger partial charge in [0.2, 0.25) is 0 Å². The lowest BCUT2D eigenvalue weighted by molar-refractivity contribution is 0.539. The van der Waals surface area contributed by atoms with Crippen LogP contribution in [0.5, 0.6) is 0 Å². The number of rotatable bonds is 5. The molecular weight excluding hydrogens is 340 g/mol. The van der Waals surface area contributed by atoms with E-state index in [-0.39, 0.29) is 6.04 Å². The minimum Gasteiger partial charge on any atom is -0.313 e. The van der Waals surface area contributed by atoms with E-state index in [1.165, 1.54) is 5.69 Å². The fourth-order valence-corrected chi connectivity index (χ4v) is 2.99. The van der Waals surface area contributed by atoms with Gasteiger partial charge in [-0.05, 0) is 48.5 Å². The number of likely N-dealkylation sites (N-methyl/N-ethyl adjacent to an activating group) is 1. The lowest BCUT2D eigenvalue weighted by Crippen LogP contribution is -2.21. The van der Waals surface area contributed by atoms with Crippen LogP contribution < -0.4 is 5.32 Å². The minimum atomic E-state index is 0.128. The molecule has 0 fully saturated rings. The highest BCUT2D eigenvalue weighted by molar-refractivity contribution is 9.10. The van der Waals surface area contributed by atoms with Gasteiger partial charge in [0.1, 0.15) is 0 Å². The molecule has 2 rings (SSSR count). The summed E-state index contributed by atoms with van der Waals surface area (Å²) in [4.78, 5) is 4.04. The zero-order valence-corrected chi connectivity index (χ0v) is 14.2. The van der Waals surface area contributed by atoms with E-state index in [2.05, 4.69) is 38.3 Å². The number of halogens is 2. The van der Waals surface area contributed by atoms with Crippen molar-refractivity contribution >= 4 is 27.5 Å². The fourth-order valence-electron chi connectivity index (χ4n) is 2.29. The van der Waals surface area contributed by atoms with Crippen molar-refractivity contribution in [3.05, 3.63) is 44.9 Å². The summed E-state index contributed by atoms with van der Waals surface area (Å²) in [6.45, 7) is 4.95. The highest BCUT2D eigenvalue weighted by atomic mass is 79.9. The van der Waals surface area contributed by atoms with Crippen LogP contribution in [0.2, 0.25) is 5.02 Å². The van der Waals surface area contributed by atoms with E-state index in [1.807, 2.05) is 24.7 Å². The molecule has 2 heterocycles. The summed E-state index contributed by atoms with van der Waals surface area (Å²) in [7, 11) is 1.94. The van der Waals surface area contributed by atoms with Crippen molar-refractivity contribution in [1.29, 1.82) is 0 Å². The molecule has 1 N–H and O–H groups in total. The van der Waals surface area contributed by atoms with Gasteiger partial charge < -0.3 is 5.32 Å². The molecule has 2 aromatic heterocycles. The third-order valence-electron chi connectivity index (χ3n) is 3.38. The van der Waals surface area contributed by atoms with Crippen LogP contribution in [0.1, 0.15) is 29.9 Å². The maximum atomic E-state index is 6.25. The molecular formula is C14H18BrClN4. The normalized spacial score (nSPS) is 12.7. The lowest BCUT2D eigenvalue weighted by Gasteiger charge is -2.18. The number of pyridine rings is 1. The third-order valence-corrected chi connectivity index (χ3v) is 4.73. The predicted octanol–water partition coefficient (Wildman–Crippen LogP) is 3.53. The summed E-state index contributed by atoms with van der Waals surface area (Å²) in [5, 5.41) is 8.53. The Morgan fingerprint density at radius 3 is 2.85 bits per heavy atom. The Morgan fingerprint density at radius 2 is 2.25 bits per heavy atom. The first-order chi connectivity index (χ1) is 9.58. The Hall–Kier alpha value is -0.910. The summed E-state index contributed by atoms with van der Waals surface area (Å²) in [5.41, 5.74) is 3.24. The van der Waals surface area contributed by atoms with Crippen molar-refractivity contribution in [3.63, 3.8) is 0 Å². The summed E-state index contributed by atoms with van der Waals surface area (Å²) in [6, 6.07) is 2.08. The van der Waals surface area contributed by atoms with Crippen molar-refractivity contribution < 1.29 is 0 Å². The number of aryl methyl sites for hydroxylation is 2. The Kier molecular flexibility index (Phi) is 5.18. The van der Waals surface area contributed by atoms with Crippen LogP contribution in [0.15, 0.2) is 22.9 Å². The molecule has 20 heavy (non-hydrogen) atoms. The van der Waals surface area contributed by atoms with E-state index in [0.717, 1.165) is 28.7 Å². The molecule has 108 valence electrons. The Bertz CT molecular complexity index is 597. The molecule has 0 radical (unpaired) electrons. The average Bonchev–Trinajstić information content (AvgIpc) is 2.73. The lowest BCUT2D eigenvalue weighted by atomic mass is 10.0. The van der Waals surface area contributed by atoms with E-state index in [0.29, 0.717) is 5.02 Å². The van der Waals surface area contributed by atoms with Crippen LogP contribution in [0.3, 0.4) is 0 Å². The van der Waals surface area contributed by atoms with Crippen molar-refractivity contribution in [1.82, 2.24) is 20.1 Å². The van der Waals surface area contributed by atoms with Gasteiger partial charge in [-0.3, -0.25) is 9.67 Å². The van der Waals surface area contributed by atoms with E-state index in [9.17, 15) is 0 Å². The predicted molar refractivity (Wildman–Crippen MR) is 85.1 cm³/mol. The number of nitrogens with zero attached hydrogens (tertiary/aromatic N) is 3. The highest BCUT2D eigenvalue weighted by Crippen LogP contribution is 2.29. The van der Waals surface area contributed by atoms with Crippen molar-refractivity contribution in [2.75, 3.05) is 7.05 Å². The van der Waals surface area contributed by atoms with E-state index < -0.39 is 0 Å². The summed E-state index contributed by atoms with van der Waals surface area (Å²) < 4.78 is 3.10. The third kappa shape index (κ3) is 3.05. The van der Waals surface area contributed by atoms with Gasteiger partial charge in [0, 0.05) is 31.4 Å². The largest absolute Gasteiger partial charge is 0.313 e. The van der Waals surface area contributed by atoms with Crippen LogP contribution in [-0.4, -0.2) is 21.8 Å². The van der Waals surface area contributed by atoms with Crippen LogP contribution in [0.25, 0.3) is 0 Å². The molecule has 0 aliphatic heterocycles. The highest BCUT2D eigenvalue weighted by Gasteiger charge is 2.19. The number of nitrogens with one attached hydrogen (secondary N) is 1. The zero-order valence-electron chi connectivity index (χ0n) is 11.8. The molecule has 0 aliphatic carbocycles. The maximum Gasteiger partial charge on any atom is 0.0738 e. The monoisotopic (exact) mass is 356 g/mol. The molecule has 0 bridgehead atoms. The van der Waals surface area contributed by atoms with Gasteiger partial charge in [-0.1, -0.05) is 11.6 Å². The van der Waals surface area contributed by atoms with Crippen LogP contribution in [-0.2, 0) is 13.0 Å². The summed E-state index contributed by atoms with van der Waals surface area (Å²) in [6.07, 6.45) is 4.26. The molecule has 0 amide bonds. The van der Waals surface area contributed by atoms with Crippen LogP contribution >= 0.6 is 27.5 Å². The molecule has 4 nitrogen and oxygen atoms in total. The Labute approximate surface area is 132 Å². The fraction of sp³-hybridized carbons (Fsp3) is 0.429. The molecule has 0 aliphatic rings. The molecule has 2 aromatic rings. The van der Waals surface area contributed by atoms with Crippen molar-refractivity contribution in [3.8, 4) is 0 Å². The summed E-state index contributed by atoms with van der Waals surface area (Å²) in [5.74, 6) is 0. The van der Waals surface area contributed by atoms with Gasteiger partial charge in [-0.2, -0.15) is 5.10 Å². The second-order valence-corrected chi connectivity index (χ2v) is 5.80. The average molecular weight is 358 g/mol. The van der Waals surface area contributed by atoms with Gasteiger partial charge in [0.05, 0.1) is 20.9 Å². The standard InChI is InChI=1S/C14H18BrClN4/c1-4-20-13(14(15)9(2)19-20)7-12(17-3)10-5-6-18-8-11(10)16/h5-6,8,12,17H,4,7H2,1-3H3. The maximum absolute atomic E-state index is 6.25. The molecule has 0 saturated heterocycles. The zero-order chi connectivity index (χ0) is 14.7. The topological polar surface area (TPSA) is 42.7 Å². The molecule has 1 unspecified atom stereocenters. The Balaban J connectivity index is 2.34. The molecule has 0 aromatic carbocycles. The second kappa shape index (κ2) is 6.70. The van der Waals surface area contributed by atoms with Crippen molar-refractivity contribution in [2.24, 2.45) is 0 Å². The van der Waals surface area contributed by atoms with Gasteiger partial charge in [0.25, 0.3) is 0 Å². The molecule has 6 heteroatoms. The first-order valence-electron chi connectivity index (χ1n) is 6.56. The van der Waals surface area contributed by atoms with Gasteiger partial charge in [-0.15, -0.1) is 0 Å². The number of aromatic nitrogens is 3. The smallest absolute Gasteiger partial charge is 0.0738 e. The molecule has 0 spiro atoms.